The Bertz CT molecular complexity index is 680. The van der Waals surface area contributed by atoms with Crippen LogP contribution in [0, 0.1) is 5.82 Å². The van der Waals surface area contributed by atoms with E-state index in [2.05, 4.69) is 15.2 Å². The van der Waals surface area contributed by atoms with Crippen LogP contribution in [-0.2, 0) is 6.54 Å². The molecule has 1 aromatic heterocycles. The fourth-order valence-corrected chi connectivity index (χ4v) is 2.78. The third-order valence-corrected chi connectivity index (χ3v) is 3.86. The van der Waals surface area contributed by atoms with Gasteiger partial charge in [0.15, 0.2) is 5.69 Å². The Labute approximate surface area is 127 Å². The van der Waals surface area contributed by atoms with Crippen LogP contribution in [0.1, 0.15) is 23.3 Å². The van der Waals surface area contributed by atoms with Gasteiger partial charge in [0.1, 0.15) is 11.5 Å². The van der Waals surface area contributed by atoms with Crippen LogP contribution in [0.25, 0.3) is 11.3 Å². The highest BCUT2D eigenvalue weighted by atomic mass is 19.1. The van der Waals surface area contributed by atoms with E-state index in [1.54, 1.807) is 16.8 Å². The Morgan fingerprint density at radius 2 is 2.05 bits per heavy atom. The van der Waals surface area contributed by atoms with Crippen molar-refractivity contribution >= 4 is 5.97 Å². The van der Waals surface area contributed by atoms with Gasteiger partial charge >= 0.3 is 5.97 Å². The number of carbonyl (C=O) groups is 1. The lowest BCUT2D eigenvalue weighted by Gasteiger charge is -2.15. The zero-order chi connectivity index (χ0) is 15.5. The van der Waals surface area contributed by atoms with Crippen molar-refractivity contribution < 1.29 is 14.3 Å². The minimum Gasteiger partial charge on any atom is -0.476 e. The fraction of sp³-hybridized carbons (Fsp3) is 0.400. The van der Waals surface area contributed by atoms with E-state index >= 15 is 0 Å². The molecule has 6 nitrogen and oxygen atoms in total. The second kappa shape index (κ2) is 6.23. The Morgan fingerprint density at radius 3 is 2.73 bits per heavy atom. The van der Waals surface area contributed by atoms with E-state index in [0.717, 1.165) is 19.6 Å². The van der Waals surface area contributed by atoms with Crippen molar-refractivity contribution in [3.8, 4) is 11.3 Å². The Morgan fingerprint density at radius 1 is 1.27 bits per heavy atom. The summed E-state index contributed by atoms with van der Waals surface area (Å²) in [5.74, 6) is -1.58. The molecule has 0 aliphatic carbocycles. The fourth-order valence-electron chi connectivity index (χ4n) is 2.78. The van der Waals surface area contributed by atoms with E-state index in [1.807, 2.05) is 0 Å². The molecule has 116 valence electrons. The average molecular weight is 304 g/mol. The van der Waals surface area contributed by atoms with Gasteiger partial charge in [-0.1, -0.05) is 17.3 Å². The molecule has 22 heavy (non-hydrogen) atoms. The number of nitrogens with zero attached hydrogens (tertiary/aromatic N) is 4. The van der Waals surface area contributed by atoms with Crippen LogP contribution in [0.3, 0.4) is 0 Å². The van der Waals surface area contributed by atoms with Crippen LogP contribution in [-0.4, -0.2) is 50.6 Å². The Hall–Kier alpha value is -2.28. The summed E-state index contributed by atoms with van der Waals surface area (Å²) in [6, 6.07) is 5.84. The molecule has 7 heteroatoms. The number of benzene rings is 1. The van der Waals surface area contributed by atoms with Crippen LogP contribution < -0.4 is 0 Å². The molecule has 0 bridgehead atoms. The molecule has 2 heterocycles. The molecular formula is C15H17FN4O2. The standard InChI is InChI=1S/C15H17FN4O2/c16-12-5-3-4-11(10-12)14-13(15(21)22)17-18-20(14)9-8-19-6-1-2-7-19/h3-5,10H,1-2,6-9H2,(H,21,22). The molecule has 0 spiro atoms. The zero-order valence-electron chi connectivity index (χ0n) is 12.1. The van der Waals surface area contributed by atoms with E-state index in [9.17, 15) is 14.3 Å². The van der Waals surface area contributed by atoms with Gasteiger partial charge in [-0.2, -0.15) is 0 Å². The second-order valence-corrected chi connectivity index (χ2v) is 5.37. The van der Waals surface area contributed by atoms with Gasteiger partial charge in [0.2, 0.25) is 0 Å². The van der Waals surface area contributed by atoms with Gasteiger partial charge < -0.3 is 10.0 Å². The van der Waals surface area contributed by atoms with Gasteiger partial charge in [0.25, 0.3) is 0 Å². The highest BCUT2D eigenvalue weighted by molar-refractivity contribution is 5.92. The van der Waals surface area contributed by atoms with Gasteiger partial charge in [-0.25, -0.2) is 13.9 Å². The molecule has 0 saturated carbocycles. The monoisotopic (exact) mass is 304 g/mol. The molecule has 1 fully saturated rings. The first-order chi connectivity index (χ1) is 10.6. The van der Waals surface area contributed by atoms with E-state index < -0.39 is 11.8 Å². The normalized spacial score (nSPS) is 15.3. The summed E-state index contributed by atoms with van der Waals surface area (Å²) in [6.45, 7) is 3.42. The third kappa shape index (κ3) is 2.99. The highest BCUT2D eigenvalue weighted by Crippen LogP contribution is 2.23. The Balaban J connectivity index is 1.91. The maximum absolute atomic E-state index is 13.4. The summed E-state index contributed by atoms with van der Waals surface area (Å²) in [5, 5.41) is 16.9. The quantitative estimate of drug-likeness (QED) is 0.913. The molecule has 0 unspecified atom stereocenters. The highest BCUT2D eigenvalue weighted by Gasteiger charge is 2.21. The van der Waals surface area contributed by atoms with Crippen LogP contribution in [0.2, 0.25) is 0 Å². The van der Waals surface area contributed by atoms with E-state index in [1.165, 1.54) is 25.0 Å². The predicted molar refractivity (Wildman–Crippen MR) is 78.0 cm³/mol. The number of aromatic nitrogens is 3. The molecule has 1 aliphatic heterocycles. The van der Waals surface area contributed by atoms with Crippen molar-refractivity contribution in [2.45, 2.75) is 19.4 Å². The summed E-state index contributed by atoms with van der Waals surface area (Å²) in [6.07, 6.45) is 2.38. The number of aromatic carboxylic acids is 1. The third-order valence-electron chi connectivity index (χ3n) is 3.86. The van der Waals surface area contributed by atoms with Gasteiger partial charge in [-0.05, 0) is 38.1 Å². The van der Waals surface area contributed by atoms with Crippen molar-refractivity contribution in [1.82, 2.24) is 19.9 Å². The first-order valence-electron chi connectivity index (χ1n) is 7.30. The smallest absolute Gasteiger partial charge is 0.358 e. The summed E-state index contributed by atoms with van der Waals surface area (Å²) in [5.41, 5.74) is 0.682. The summed E-state index contributed by atoms with van der Waals surface area (Å²) < 4.78 is 15.0. The van der Waals surface area contributed by atoms with Gasteiger partial charge in [-0.3, -0.25) is 0 Å². The number of halogens is 1. The topological polar surface area (TPSA) is 71.2 Å². The van der Waals surface area contributed by atoms with Gasteiger partial charge in [-0.15, -0.1) is 5.10 Å². The van der Waals surface area contributed by atoms with Crippen molar-refractivity contribution in [3.05, 3.63) is 35.8 Å². The molecule has 2 aromatic rings. The molecule has 1 saturated heterocycles. The van der Waals surface area contributed by atoms with E-state index in [0.29, 0.717) is 17.8 Å². The lowest BCUT2D eigenvalue weighted by Crippen LogP contribution is -2.24. The number of carboxylic acid groups (broad SMARTS) is 1. The molecule has 0 atom stereocenters. The van der Waals surface area contributed by atoms with Crippen molar-refractivity contribution in [2.75, 3.05) is 19.6 Å². The second-order valence-electron chi connectivity index (χ2n) is 5.37. The number of rotatable bonds is 5. The lowest BCUT2D eigenvalue weighted by atomic mass is 10.1. The largest absolute Gasteiger partial charge is 0.476 e. The maximum Gasteiger partial charge on any atom is 0.358 e. The molecule has 1 aliphatic rings. The van der Waals surface area contributed by atoms with E-state index in [4.69, 9.17) is 0 Å². The van der Waals surface area contributed by atoms with E-state index in [-0.39, 0.29) is 5.69 Å². The van der Waals surface area contributed by atoms with Crippen molar-refractivity contribution in [1.29, 1.82) is 0 Å². The predicted octanol–water partition coefficient (Wildman–Crippen LogP) is 1.88. The Kier molecular flexibility index (Phi) is 4.15. The van der Waals surface area contributed by atoms with Crippen LogP contribution in [0.15, 0.2) is 24.3 Å². The van der Waals surface area contributed by atoms with Gasteiger partial charge in [0, 0.05) is 12.1 Å². The first kappa shape index (κ1) is 14.6. The molecule has 1 N–H and O–H groups in total. The molecule has 0 amide bonds. The minimum atomic E-state index is -1.16. The average Bonchev–Trinajstić information content (AvgIpc) is 3.14. The molecular weight excluding hydrogens is 287 g/mol. The summed E-state index contributed by atoms with van der Waals surface area (Å²) in [4.78, 5) is 13.6. The van der Waals surface area contributed by atoms with Crippen molar-refractivity contribution in [2.24, 2.45) is 0 Å². The SMILES string of the molecule is O=C(O)c1nnn(CCN2CCCC2)c1-c1cccc(F)c1. The van der Waals surface area contributed by atoms with Gasteiger partial charge in [0.05, 0.1) is 6.54 Å². The zero-order valence-corrected chi connectivity index (χ0v) is 12.1. The number of hydrogen-bond acceptors (Lipinski definition) is 4. The number of carboxylic acids is 1. The summed E-state index contributed by atoms with van der Waals surface area (Å²) in [7, 11) is 0. The van der Waals surface area contributed by atoms with Crippen LogP contribution in [0.5, 0.6) is 0 Å². The number of likely N-dealkylation sites (tertiary alicyclic amines) is 1. The number of hydrogen-bond donors (Lipinski definition) is 1. The van der Waals surface area contributed by atoms with Crippen LogP contribution >= 0.6 is 0 Å². The minimum absolute atomic E-state index is 0.146. The summed E-state index contributed by atoms with van der Waals surface area (Å²) >= 11 is 0. The molecule has 3 rings (SSSR count). The molecule has 1 aromatic carbocycles. The van der Waals surface area contributed by atoms with Crippen molar-refractivity contribution in [3.63, 3.8) is 0 Å². The van der Waals surface area contributed by atoms with Crippen LogP contribution in [0.4, 0.5) is 4.39 Å². The first-order valence-corrected chi connectivity index (χ1v) is 7.30. The maximum atomic E-state index is 13.4. The lowest BCUT2D eigenvalue weighted by molar-refractivity contribution is 0.0691. The molecule has 0 radical (unpaired) electrons.